The molecule has 0 unspecified atom stereocenters. The summed E-state index contributed by atoms with van der Waals surface area (Å²) in [5.74, 6) is -0.121. The summed E-state index contributed by atoms with van der Waals surface area (Å²) < 4.78 is 0. The zero-order valence-corrected chi connectivity index (χ0v) is 13.2. The zero-order valence-electron chi connectivity index (χ0n) is 13.2. The van der Waals surface area contributed by atoms with E-state index >= 15 is 0 Å². The van der Waals surface area contributed by atoms with E-state index in [4.69, 9.17) is 5.73 Å². The Kier molecular flexibility index (Phi) is 4.52. The molecule has 1 aliphatic rings. The fraction of sp³-hybridized carbons (Fsp3) is 0.353. The van der Waals surface area contributed by atoms with Crippen LogP contribution >= 0.6 is 0 Å². The van der Waals surface area contributed by atoms with Gasteiger partial charge in [0.05, 0.1) is 0 Å². The van der Waals surface area contributed by atoms with Crippen LogP contribution in [-0.2, 0) is 13.0 Å². The van der Waals surface area contributed by atoms with Gasteiger partial charge in [-0.25, -0.2) is 9.97 Å². The SMILES string of the molecule is C[C@H](CNC(=O)c1nccnc1N)N1CCc2ccccc2C1. The average Bonchev–Trinajstić information content (AvgIpc) is 2.59. The second-order valence-electron chi connectivity index (χ2n) is 5.84. The van der Waals surface area contributed by atoms with E-state index in [1.807, 2.05) is 0 Å². The highest BCUT2D eigenvalue weighted by molar-refractivity contribution is 5.96. The van der Waals surface area contributed by atoms with Gasteiger partial charge in [0.15, 0.2) is 11.5 Å². The molecule has 0 spiro atoms. The van der Waals surface area contributed by atoms with E-state index < -0.39 is 0 Å². The number of nitrogens with two attached hydrogens (primary N) is 1. The molecule has 120 valence electrons. The van der Waals surface area contributed by atoms with Crippen LogP contribution in [0, 0.1) is 0 Å². The van der Waals surface area contributed by atoms with Crippen LogP contribution in [-0.4, -0.2) is 39.9 Å². The molecule has 0 saturated carbocycles. The summed E-state index contributed by atoms with van der Waals surface area (Å²) in [5, 5.41) is 2.90. The molecular weight excluding hydrogens is 290 g/mol. The van der Waals surface area contributed by atoms with E-state index in [0.717, 1.165) is 19.5 Å². The molecule has 6 heteroatoms. The summed E-state index contributed by atoms with van der Waals surface area (Å²) in [5.41, 5.74) is 8.66. The standard InChI is InChI=1S/C17H21N5O/c1-12(10-21-17(23)15-16(18)20-8-7-19-15)22-9-6-13-4-2-3-5-14(13)11-22/h2-5,7-8,12H,6,9-11H2,1H3,(H2,18,20)(H,21,23)/t12-/m1/s1. The number of rotatable bonds is 4. The highest BCUT2D eigenvalue weighted by Gasteiger charge is 2.21. The number of amides is 1. The molecule has 0 radical (unpaired) electrons. The van der Waals surface area contributed by atoms with Crippen LogP contribution in [0.4, 0.5) is 5.82 Å². The number of nitrogens with one attached hydrogen (secondary N) is 1. The van der Waals surface area contributed by atoms with Gasteiger partial charge in [-0.15, -0.1) is 0 Å². The molecule has 1 aromatic heterocycles. The maximum absolute atomic E-state index is 12.1. The average molecular weight is 311 g/mol. The zero-order chi connectivity index (χ0) is 16.2. The van der Waals surface area contributed by atoms with Gasteiger partial charge in [-0.2, -0.15) is 0 Å². The molecule has 1 amide bonds. The number of hydrogen-bond acceptors (Lipinski definition) is 5. The van der Waals surface area contributed by atoms with Gasteiger partial charge in [0.2, 0.25) is 0 Å². The van der Waals surface area contributed by atoms with Gasteiger partial charge in [-0.05, 0) is 24.5 Å². The van der Waals surface area contributed by atoms with Crippen molar-refractivity contribution in [3.63, 3.8) is 0 Å². The maximum atomic E-state index is 12.1. The van der Waals surface area contributed by atoms with Crippen molar-refractivity contribution in [2.24, 2.45) is 0 Å². The van der Waals surface area contributed by atoms with Crippen LogP contribution in [0.15, 0.2) is 36.7 Å². The largest absolute Gasteiger partial charge is 0.382 e. The highest BCUT2D eigenvalue weighted by Crippen LogP contribution is 2.20. The van der Waals surface area contributed by atoms with E-state index in [0.29, 0.717) is 6.54 Å². The number of nitrogen functional groups attached to an aromatic ring is 1. The molecule has 2 heterocycles. The van der Waals surface area contributed by atoms with Crippen LogP contribution in [0.25, 0.3) is 0 Å². The van der Waals surface area contributed by atoms with Gasteiger partial charge >= 0.3 is 0 Å². The monoisotopic (exact) mass is 311 g/mol. The van der Waals surface area contributed by atoms with E-state index in [1.165, 1.54) is 23.5 Å². The first kappa shape index (κ1) is 15.4. The van der Waals surface area contributed by atoms with Crippen LogP contribution in [0.2, 0.25) is 0 Å². The molecule has 3 rings (SSSR count). The molecule has 3 N–H and O–H groups in total. The summed E-state index contributed by atoms with van der Waals surface area (Å²) in [4.78, 5) is 22.4. The second-order valence-corrected chi connectivity index (χ2v) is 5.84. The number of carbonyl (C=O) groups excluding carboxylic acids is 1. The molecule has 1 aromatic carbocycles. The summed E-state index contributed by atoms with van der Waals surface area (Å²) in [6, 6.07) is 8.77. The Morgan fingerprint density at radius 2 is 2.04 bits per heavy atom. The fourth-order valence-electron chi connectivity index (χ4n) is 2.87. The molecule has 23 heavy (non-hydrogen) atoms. The number of fused-ring (bicyclic) bond motifs is 1. The quantitative estimate of drug-likeness (QED) is 0.887. The van der Waals surface area contributed by atoms with Crippen LogP contribution in [0.1, 0.15) is 28.5 Å². The van der Waals surface area contributed by atoms with Crippen LogP contribution in [0.3, 0.4) is 0 Å². The maximum Gasteiger partial charge on any atom is 0.273 e. The van der Waals surface area contributed by atoms with Gasteiger partial charge in [0.1, 0.15) is 0 Å². The van der Waals surface area contributed by atoms with E-state index in [9.17, 15) is 4.79 Å². The first-order valence-corrected chi connectivity index (χ1v) is 7.80. The Morgan fingerprint density at radius 1 is 1.30 bits per heavy atom. The lowest BCUT2D eigenvalue weighted by Gasteiger charge is -2.33. The Bertz CT molecular complexity index is 703. The third kappa shape index (κ3) is 3.48. The van der Waals surface area contributed by atoms with Gasteiger partial charge in [-0.3, -0.25) is 9.69 Å². The normalized spacial score (nSPS) is 15.7. The van der Waals surface area contributed by atoms with Crippen molar-refractivity contribution in [2.75, 3.05) is 18.8 Å². The highest BCUT2D eigenvalue weighted by atomic mass is 16.1. The minimum absolute atomic E-state index is 0.157. The molecule has 1 atom stereocenters. The smallest absolute Gasteiger partial charge is 0.273 e. The van der Waals surface area contributed by atoms with Gasteiger partial charge in [0, 0.05) is 38.1 Å². The van der Waals surface area contributed by atoms with Crippen molar-refractivity contribution >= 4 is 11.7 Å². The van der Waals surface area contributed by atoms with E-state index in [1.54, 1.807) is 0 Å². The molecular formula is C17H21N5O. The Balaban J connectivity index is 1.57. The van der Waals surface area contributed by atoms with E-state index in [2.05, 4.69) is 51.4 Å². The summed E-state index contributed by atoms with van der Waals surface area (Å²) in [6.07, 6.45) is 3.99. The molecule has 0 aliphatic carbocycles. The number of hydrogen-bond donors (Lipinski definition) is 2. The van der Waals surface area contributed by atoms with Crippen LogP contribution < -0.4 is 11.1 Å². The number of nitrogens with zero attached hydrogens (tertiary/aromatic N) is 3. The minimum atomic E-state index is -0.278. The topological polar surface area (TPSA) is 84.1 Å². The third-order valence-electron chi connectivity index (χ3n) is 4.28. The van der Waals surface area contributed by atoms with Gasteiger partial charge < -0.3 is 11.1 Å². The number of benzene rings is 1. The Morgan fingerprint density at radius 3 is 2.83 bits per heavy atom. The van der Waals surface area contributed by atoms with Crippen molar-refractivity contribution in [1.29, 1.82) is 0 Å². The first-order chi connectivity index (χ1) is 11.1. The van der Waals surface area contributed by atoms with Gasteiger partial charge in [-0.1, -0.05) is 24.3 Å². The van der Waals surface area contributed by atoms with Crippen molar-refractivity contribution < 1.29 is 4.79 Å². The number of carbonyl (C=O) groups is 1. The van der Waals surface area contributed by atoms with Crippen molar-refractivity contribution in [2.45, 2.75) is 25.9 Å². The second kappa shape index (κ2) is 6.75. The Hall–Kier alpha value is -2.47. The summed E-state index contributed by atoms with van der Waals surface area (Å²) in [6.45, 7) is 4.59. The van der Waals surface area contributed by atoms with Crippen LogP contribution in [0.5, 0.6) is 0 Å². The minimum Gasteiger partial charge on any atom is -0.382 e. The van der Waals surface area contributed by atoms with Crippen molar-refractivity contribution in [1.82, 2.24) is 20.2 Å². The molecule has 2 aromatic rings. The molecule has 0 fully saturated rings. The molecule has 1 aliphatic heterocycles. The van der Waals surface area contributed by atoms with Crippen molar-refractivity contribution in [3.05, 3.63) is 53.5 Å². The van der Waals surface area contributed by atoms with E-state index in [-0.39, 0.29) is 23.5 Å². The molecule has 0 saturated heterocycles. The lowest BCUT2D eigenvalue weighted by Crippen LogP contribution is -2.44. The van der Waals surface area contributed by atoms with Crippen molar-refractivity contribution in [3.8, 4) is 0 Å². The lowest BCUT2D eigenvalue weighted by atomic mass is 9.99. The summed E-state index contributed by atoms with van der Waals surface area (Å²) in [7, 11) is 0. The molecule has 6 nitrogen and oxygen atoms in total. The predicted octanol–water partition coefficient (Wildman–Crippen LogP) is 1.24. The molecule has 0 bridgehead atoms. The van der Waals surface area contributed by atoms with Gasteiger partial charge in [0.25, 0.3) is 5.91 Å². The summed E-state index contributed by atoms with van der Waals surface area (Å²) >= 11 is 0. The lowest BCUT2D eigenvalue weighted by molar-refractivity contribution is 0.0928. The first-order valence-electron chi connectivity index (χ1n) is 7.80. The fourth-order valence-corrected chi connectivity index (χ4v) is 2.87. The number of anilines is 1. The third-order valence-corrected chi connectivity index (χ3v) is 4.28. The Labute approximate surface area is 135 Å². The number of aromatic nitrogens is 2. The predicted molar refractivity (Wildman–Crippen MR) is 88.8 cm³/mol.